The van der Waals surface area contributed by atoms with Gasteiger partial charge < -0.3 is 4.74 Å². The first-order chi connectivity index (χ1) is 5.83. The number of rotatable bonds is 1. The Bertz CT molecular complexity index is 296. The second-order valence-electron chi connectivity index (χ2n) is 3.07. The fourth-order valence-corrected chi connectivity index (χ4v) is 2.40. The van der Waals surface area contributed by atoms with Crippen LogP contribution in [-0.4, -0.2) is 7.11 Å². The molecular formula is C10H11BrO. The standard InChI is InChI=1S/C10H11BrO/c1-12-10-6-5-7-8(10)3-2-4-9(7)11/h2-4,10H,5-6H2,1H3/t10-/m0/s1. The molecule has 0 N–H and O–H groups in total. The Labute approximate surface area is 80.9 Å². The minimum atomic E-state index is 0.317. The van der Waals surface area contributed by atoms with E-state index in [1.54, 1.807) is 7.11 Å². The van der Waals surface area contributed by atoms with E-state index in [9.17, 15) is 0 Å². The Kier molecular flexibility index (Phi) is 2.20. The molecule has 1 aromatic carbocycles. The largest absolute Gasteiger partial charge is 0.377 e. The number of halogens is 1. The monoisotopic (exact) mass is 226 g/mol. The van der Waals surface area contributed by atoms with Crippen molar-refractivity contribution in [2.75, 3.05) is 7.11 Å². The topological polar surface area (TPSA) is 9.23 Å². The van der Waals surface area contributed by atoms with Gasteiger partial charge in [-0.2, -0.15) is 0 Å². The van der Waals surface area contributed by atoms with E-state index >= 15 is 0 Å². The van der Waals surface area contributed by atoms with Gasteiger partial charge in [-0.25, -0.2) is 0 Å². The lowest BCUT2D eigenvalue weighted by Crippen LogP contribution is -1.94. The van der Waals surface area contributed by atoms with Gasteiger partial charge in [0.2, 0.25) is 0 Å². The van der Waals surface area contributed by atoms with Crippen molar-refractivity contribution in [3.05, 3.63) is 33.8 Å². The van der Waals surface area contributed by atoms with E-state index in [0.717, 1.165) is 12.8 Å². The van der Waals surface area contributed by atoms with Gasteiger partial charge in [0, 0.05) is 11.6 Å². The van der Waals surface area contributed by atoms with E-state index in [2.05, 4.69) is 34.1 Å². The summed E-state index contributed by atoms with van der Waals surface area (Å²) in [6.07, 6.45) is 2.57. The van der Waals surface area contributed by atoms with Crippen LogP contribution in [0.3, 0.4) is 0 Å². The van der Waals surface area contributed by atoms with E-state index in [4.69, 9.17) is 4.74 Å². The Hall–Kier alpha value is -0.340. The van der Waals surface area contributed by atoms with Crippen LogP contribution >= 0.6 is 15.9 Å². The maximum atomic E-state index is 5.37. The molecular weight excluding hydrogens is 216 g/mol. The molecule has 0 aliphatic heterocycles. The molecule has 64 valence electrons. The fourth-order valence-electron chi connectivity index (χ4n) is 1.82. The zero-order valence-corrected chi connectivity index (χ0v) is 8.60. The molecule has 1 aliphatic carbocycles. The quantitative estimate of drug-likeness (QED) is 0.716. The first kappa shape index (κ1) is 8.27. The smallest absolute Gasteiger partial charge is 0.0827 e. The summed E-state index contributed by atoms with van der Waals surface area (Å²) < 4.78 is 6.59. The van der Waals surface area contributed by atoms with Gasteiger partial charge in [-0.15, -0.1) is 0 Å². The van der Waals surface area contributed by atoms with Crippen LogP contribution in [0, 0.1) is 0 Å². The average molecular weight is 227 g/mol. The molecule has 2 heteroatoms. The first-order valence-corrected chi connectivity index (χ1v) is 4.92. The van der Waals surface area contributed by atoms with Crippen LogP contribution in [-0.2, 0) is 11.2 Å². The second kappa shape index (κ2) is 3.19. The van der Waals surface area contributed by atoms with Crippen LogP contribution in [0.15, 0.2) is 22.7 Å². The van der Waals surface area contributed by atoms with Crippen molar-refractivity contribution in [3.8, 4) is 0 Å². The van der Waals surface area contributed by atoms with Gasteiger partial charge in [-0.3, -0.25) is 0 Å². The predicted molar refractivity (Wildman–Crippen MR) is 52.2 cm³/mol. The van der Waals surface area contributed by atoms with E-state index in [1.807, 2.05) is 0 Å². The van der Waals surface area contributed by atoms with Gasteiger partial charge in [0.05, 0.1) is 6.10 Å². The highest BCUT2D eigenvalue weighted by molar-refractivity contribution is 9.10. The van der Waals surface area contributed by atoms with E-state index in [0.29, 0.717) is 6.10 Å². The van der Waals surface area contributed by atoms with Crippen molar-refractivity contribution in [2.45, 2.75) is 18.9 Å². The van der Waals surface area contributed by atoms with E-state index in [-0.39, 0.29) is 0 Å². The predicted octanol–water partition coefficient (Wildman–Crippen LogP) is 3.08. The van der Waals surface area contributed by atoms with Crippen LogP contribution in [0.5, 0.6) is 0 Å². The highest BCUT2D eigenvalue weighted by atomic mass is 79.9. The fraction of sp³-hybridized carbons (Fsp3) is 0.400. The van der Waals surface area contributed by atoms with E-state index in [1.165, 1.54) is 15.6 Å². The minimum Gasteiger partial charge on any atom is -0.377 e. The zero-order chi connectivity index (χ0) is 8.55. The SMILES string of the molecule is CO[C@H]1CCc2c(Br)cccc21. The van der Waals surface area contributed by atoms with Gasteiger partial charge in [0.25, 0.3) is 0 Å². The third-order valence-electron chi connectivity index (χ3n) is 2.44. The molecule has 0 amide bonds. The van der Waals surface area contributed by atoms with Crippen LogP contribution < -0.4 is 0 Å². The molecule has 0 fully saturated rings. The summed E-state index contributed by atoms with van der Waals surface area (Å²) in [5, 5.41) is 0. The van der Waals surface area contributed by atoms with Crippen molar-refractivity contribution in [1.29, 1.82) is 0 Å². The highest BCUT2D eigenvalue weighted by Gasteiger charge is 2.22. The summed E-state index contributed by atoms with van der Waals surface area (Å²) in [4.78, 5) is 0. The molecule has 1 aromatic rings. The molecule has 1 aliphatic rings. The summed E-state index contributed by atoms with van der Waals surface area (Å²) in [5.74, 6) is 0. The second-order valence-corrected chi connectivity index (χ2v) is 3.92. The van der Waals surface area contributed by atoms with Crippen molar-refractivity contribution in [3.63, 3.8) is 0 Å². The van der Waals surface area contributed by atoms with Crippen LogP contribution in [0.2, 0.25) is 0 Å². The number of methoxy groups -OCH3 is 1. The summed E-state index contributed by atoms with van der Waals surface area (Å²) in [7, 11) is 1.78. The number of hydrogen-bond acceptors (Lipinski definition) is 1. The molecule has 2 rings (SSSR count). The van der Waals surface area contributed by atoms with Gasteiger partial charge in [0.15, 0.2) is 0 Å². The van der Waals surface area contributed by atoms with Crippen molar-refractivity contribution in [1.82, 2.24) is 0 Å². The zero-order valence-electron chi connectivity index (χ0n) is 7.01. The molecule has 0 radical (unpaired) electrons. The average Bonchev–Trinajstić information content (AvgIpc) is 2.49. The Morgan fingerprint density at radius 1 is 1.50 bits per heavy atom. The first-order valence-electron chi connectivity index (χ1n) is 4.13. The summed E-state index contributed by atoms with van der Waals surface area (Å²) in [5.41, 5.74) is 2.77. The molecule has 0 spiro atoms. The van der Waals surface area contributed by atoms with Crippen LogP contribution in [0.4, 0.5) is 0 Å². The third kappa shape index (κ3) is 1.19. The number of hydrogen-bond donors (Lipinski definition) is 0. The summed E-state index contributed by atoms with van der Waals surface area (Å²) >= 11 is 3.55. The van der Waals surface area contributed by atoms with Crippen LogP contribution in [0.25, 0.3) is 0 Å². The molecule has 0 unspecified atom stereocenters. The third-order valence-corrected chi connectivity index (χ3v) is 3.19. The molecule has 0 saturated heterocycles. The maximum Gasteiger partial charge on any atom is 0.0827 e. The van der Waals surface area contributed by atoms with Gasteiger partial charge >= 0.3 is 0 Å². The molecule has 0 bridgehead atoms. The van der Waals surface area contributed by atoms with Gasteiger partial charge in [0.1, 0.15) is 0 Å². The van der Waals surface area contributed by atoms with Crippen molar-refractivity contribution >= 4 is 15.9 Å². The van der Waals surface area contributed by atoms with Crippen LogP contribution in [0.1, 0.15) is 23.7 Å². The number of ether oxygens (including phenoxy) is 1. The Morgan fingerprint density at radius 3 is 3.08 bits per heavy atom. The summed E-state index contributed by atoms with van der Waals surface area (Å²) in [6, 6.07) is 6.32. The highest BCUT2D eigenvalue weighted by Crippen LogP contribution is 2.37. The van der Waals surface area contributed by atoms with E-state index < -0.39 is 0 Å². The summed E-state index contributed by atoms with van der Waals surface area (Å²) in [6.45, 7) is 0. The lowest BCUT2D eigenvalue weighted by atomic mass is 10.1. The Morgan fingerprint density at radius 2 is 2.33 bits per heavy atom. The molecule has 1 atom stereocenters. The molecule has 0 aromatic heterocycles. The normalized spacial score (nSPS) is 21.0. The Balaban J connectivity index is 2.46. The minimum absolute atomic E-state index is 0.317. The molecule has 0 heterocycles. The number of fused-ring (bicyclic) bond motifs is 1. The number of benzene rings is 1. The van der Waals surface area contributed by atoms with Crippen molar-refractivity contribution < 1.29 is 4.74 Å². The van der Waals surface area contributed by atoms with Crippen molar-refractivity contribution in [2.24, 2.45) is 0 Å². The lowest BCUT2D eigenvalue weighted by Gasteiger charge is -2.08. The molecule has 0 saturated carbocycles. The molecule has 1 nitrogen and oxygen atoms in total. The van der Waals surface area contributed by atoms with Gasteiger partial charge in [-0.1, -0.05) is 28.1 Å². The van der Waals surface area contributed by atoms with Gasteiger partial charge in [-0.05, 0) is 30.0 Å². The lowest BCUT2D eigenvalue weighted by molar-refractivity contribution is 0.105. The molecule has 12 heavy (non-hydrogen) atoms. The maximum absolute atomic E-state index is 5.37.